The van der Waals surface area contributed by atoms with Crippen LogP contribution < -0.4 is 4.74 Å². The van der Waals surface area contributed by atoms with Gasteiger partial charge in [-0.2, -0.15) is 0 Å². The molecule has 0 saturated carbocycles. The van der Waals surface area contributed by atoms with E-state index in [1.165, 1.54) is 5.56 Å². The molecule has 2 aromatic rings. The van der Waals surface area contributed by atoms with Crippen molar-refractivity contribution in [2.45, 2.75) is 11.8 Å². The van der Waals surface area contributed by atoms with E-state index in [0.717, 1.165) is 32.2 Å². The Hall–Kier alpha value is -0.220. The van der Waals surface area contributed by atoms with Gasteiger partial charge >= 0.3 is 0 Å². The third-order valence-electron chi connectivity index (χ3n) is 3.29. The van der Waals surface area contributed by atoms with Crippen LogP contribution >= 0.6 is 55.1 Å². The van der Waals surface area contributed by atoms with Gasteiger partial charge in [0.1, 0.15) is 5.75 Å². The van der Waals surface area contributed by atoms with Crippen LogP contribution in [0, 0.1) is 0 Å². The first kappa shape index (κ1) is 14.7. The van der Waals surface area contributed by atoms with Gasteiger partial charge in [-0.15, -0.1) is 11.6 Å². The smallest absolute Gasteiger partial charge is 0.127 e. The number of ether oxygens (including phenoxy) is 1. The van der Waals surface area contributed by atoms with Gasteiger partial charge in [0, 0.05) is 26.0 Å². The number of benzene rings is 2. The topological polar surface area (TPSA) is 9.23 Å². The van der Waals surface area contributed by atoms with Gasteiger partial charge in [0.25, 0.3) is 0 Å². The van der Waals surface area contributed by atoms with E-state index in [2.05, 4.69) is 37.9 Å². The second-order valence-corrected chi connectivity index (χ2v) is 7.29. The predicted molar refractivity (Wildman–Crippen MR) is 90.2 cm³/mol. The summed E-state index contributed by atoms with van der Waals surface area (Å²) in [6.45, 7) is 0.705. The summed E-state index contributed by atoms with van der Waals surface area (Å²) in [6, 6.07) is 9.81. The second-order valence-electron chi connectivity index (χ2n) is 4.61. The van der Waals surface area contributed by atoms with Gasteiger partial charge in [0.05, 0.1) is 12.0 Å². The van der Waals surface area contributed by atoms with Crippen LogP contribution in [0.4, 0.5) is 0 Å². The molecule has 0 amide bonds. The normalized spacial score (nSPS) is 14.8. The summed E-state index contributed by atoms with van der Waals surface area (Å²) < 4.78 is 7.68. The Morgan fingerprint density at radius 2 is 1.85 bits per heavy atom. The van der Waals surface area contributed by atoms with Gasteiger partial charge in [0.15, 0.2) is 0 Å². The fourth-order valence-corrected chi connectivity index (χ4v) is 4.07. The summed E-state index contributed by atoms with van der Waals surface area (Å²) >= 11 is 19.9. The van der Waals surface area contributed by atoms with Crippen LogP contribution in [0.25, 0.3) is 0 Å². The molecular formula is C15H10Br2Cl2O. The van der Waals surface area contributed by atoms with Crippen LogP contribution in [0.5, 0.6) is 5.75 Å². The van der Waals surface area contributed by atoms with E-state index in [1.807, 2.05) is 24.3 Å². The van der Waals surface area contributed by atoms with Gasteiger partial charge < -0.3 is 4.74 Å². The van der Waals surface area contributed by atoms with Crippen LogP contribution in [-0.2, 0) is 6.42 Å². The predicted octanol–water partition coefficient (Wildman–Crippen LogP) is 6.13. The van der Waals surface area contributed by atoms with Crippen LogP contribution in [0.2, 0.25) is 5.02 Å². The van der Waals surface area contributed by atoms with Crippen LogP contribution in [0.3, 0.4) is 0 Å². The molecule has 0 aromatic heterocycles. The van der Waals surface area contributed by atoms with Crippen molar-refractivity contribution in [1.82, 2.24) is 0 Å². The monoisotopic (exact) mass is 434 g/mol. The Morgan fingerprint density at radius 1 is 1.05 bits per heavy atom. The van der Waals surface area contributed by atoms with E-state index >= 15 is 0 Å². The van der Waals surface area contributed by atoms with Crippen molar-refractivity contribution in [2.24, 2.45) is 0 Å². The van der Waals surface area contributed by atoms with Crippen molar-refractivity contribution in [3.05, 3.63) is 61.0 Å². The Balaban J connectivity index is 2.09. The average Bonchev–Trinajstić information content (AvgIpc) is 2.85. The lowest BCUT2D eigenvalue weighted by atomic mass is 10.0. The van der Waals surface area contributed by atoms with E-state index < -0.39 is 0 Å². The molecular weight excluding hydrogens is 427 g/mol. The van der Waals surface area contributed by atoms with Crippen molar-refractivity contribution < 1.29 is 4.74 Å². The van der Waals surface area contributed by atoms with E-state index in [9.17, 15) is 0 Å². The van der Waals surface area contributed by atoms with Gasteiger partial charge in [-0.25, -0.2) is 0 Å². The summed E-state index contributed by atoms with van der Waals surface area (Å²) in [4.78, 5) is 0. The highest BCUT2D eigenvalue weighted by Crippen LogP contribution is 2.43. The Kier molecular flexibility index (Phi) is 4.32. The molecule has 1 aliphatic rings. The van der Waals surface area contributed by atoms with E-state index in [1.54, 1.807) is 0 Å². The fourth-order valence-electron chi connectivity index (χ4n) is 2.36. The number of fused-ring (bicyclic) bond motifs is 1. The zero-order valence-electron chi connectivity index (χ0n) is 10.3. The molecule has 2 aromatic carbocycles. The zero-order valence-corrected chi connectivity index (χ0v) is 15.0. The van der Waals surface area contributed by atoms with E-state index in [-0.39, 0.29) is 5.38 Å². The van der Waals surface area contributed by atoms with Crippen molar-refractivity contribution in [3.63, 3.8) is 0 Å². The third-order valence-corrected chi connectivity index (χ3v) is 5.03. The van der Waals surface area contributed by atoms with E-state index in [0.29, 0.717) is 11.6 Å². The maximum atomic E-state index is 6.64. The number of alkyl halides is 1. The minimum Gasteiger partial charge on any atom is -0.493 e. The van der Waals surface area contributed by atoms with Crippen molar-refractivity contribution >= 4 is 55.1 Å². The highest BCUT2D eigenvalue weighted by Gasteiger charge is 2.24. The summed E-state index contributed by atoms with van der Waals surface area (Å²) in [5.74, 6) is 0.896. The Morgan fingerprint density at radius 3 is 2.60 bits per heavy atom. The molecule has 0 bridgehead atoms. The maximum Gasteiger partial charge on any atom is 0.127 e. The summed E-state index contributed by atoms with van der Waals surface area (Å²) in [5, 5.41) is 0.311. The number of halogens is 4. The average molecular weight is 437 g/mol. The first-order valence-electron chi connectivity index (χ1n) is 6.10. The first-order valence-corrected chi connectivity index (χ1v) is 8.50. The maximum absolute atomic E-state index is 6.64. The largest absolute Gasteiger partial charge is 0.493 e. The Bertz CT molecular complexity index is 673. The van der Waals surface area contributed by atoms with Crippen molar-refractivity contribution in [2.75, 3.05) is 6.61 Å². The molecule has 0 N–H and O–H groups in total. The second kappa shape index (κ2) is 5.88. The lowest BCUT2D eigenvalue weighted by Crippen LogP contribution is -1.98. The molecule has 0 aliphatic carbocycles. The van der Waals surface area contributed by atoms with Crippen LogP contribution in [-0.4, -0.2) is 6.61 Å². The van der Waals surface area contributed by atoms with Gasteiger partial charge in [0.2, 0.25) is 0 Å². The molecule has 1 nitrogen and oxygen atoms in total. The highest BCUT2D eigenvalue weighted by atomic mass is 79.9. The van der Waals surface area contributed by atoms with Gasteiger partial charge in [-0.05, 0) is 35.4 Å². The minimum absolute atomic E-state index is 0.333. The molecule has 1 heterocycles. The molecule has 1 atom stereocenters. The molecule has 104 valence electrons. The number of hydrogen-bond donors (Lipinski definition) is 0. The molecule has 1 unspecified atom stereocenters. The standard InChI is InChI=1S/C15H10Br2Cl2O/c16-9-1-2-11(13(18)7-9)14(19)12-6-10(17)5-8-3-4-20-15(8)12/h1-2,5-7,14H,3-4H2. The van der Waals surface area contributed by atoms with Crippen LogP contribution in [0.15, 0.2) is 39.3 Å². The third kappa shape index (κ3) is 2.74. The summed E-state index contributed by atoms with van der Waals surface area (Å²) in [7, 11) is 0. The molecule has 20 heavy (non-hydrogen) atoms. The van der Waals surface area contributed by atoms with Crippen molar-refractivity contribution in [1.29, 1.82) is 0 Å². The molecule has 3 rings (SSSR count). The minimum atomic E-state index is -0.333. The molecule has 0 fully saturated rings. The lowest BCUT2D eigenvalue weighted by molar-refractivity contribution is 0.353. The molecule has 1 aliphatic heterocycles. The van der Waals surface area contributed by atoms with E-state index in [4.69, 9.17) is 27.9 Å². The van der Waals surface area contributed by atoms with Crippen LogP contribution in [0.1, 0.15) is 22.1 Å². The molecule has 0 spiro atoms. The first-order chi connectivity index (χ1) is 9.56. The SMILES string of the molecule is Clc1cc(Br)ccc1C(Cl)c1cc(Br)cc2c1OCC2. The number of rotatable bonds is 2. The van der Waals surface area contributed by atoms with Gasteiger partial charge in [-0.1, -0.05) is 49.5 Å². The summed E-state index contributed by atoms with van der Waals surface area (Å²) in [6.07, 6.45) is 0.916. The molecule has 0 radical (unpaired) electrons. The lowest BCUT2D eigenvalue weighted by Gasteiger charge is -2.16. The Labute approximate surface area is 144 Å². The summed E-state index contributed by atoms with van der Waals surface area (Å²) in [5.41, 5.74) is 3.03. The molecule has 0 saturated heterocycles. The zero-order chi connectivity index (χ0) is 14.3. The fraction of sp³-hybridized carbons (Fsp3) is 0.200. The quantitative estimate of drug-likeness (QED) is 0.514. The highest BCUT2D eigenvalue weighted by molar-refractivity contribution is 9.10. The van der Waals surface area contributed by atoms with Gasteiger partial charge in [-0.3, -0.25) is 0 Å². The van der Waals surface area contributed by atoms with Crippen molar-refractivity contribution in [3.8, 4) is 5.75 Å². The number of hydrogen-bond acceptors (Lipinski definition) is 1. The molecule has 5 heteroatoms.